The van der Waals surface area contributed by atoms with Crippen LogP contribution in [0.5, 0.6) is 0 Å². The van der Waals surface area contributed by atoms with Gasteiger partial charge in [0.2, 0.25) is 0 Å². The number of aliphatic hydroxyl groups excluding tert-OH is 1. The topological polar surface area (TPSA) is 54.4 Å². The molecule has 1 N–H and O–H groups in total. The Hall–Kier alpha value is -1.22. The number of hydrogen-bond acceptors (Lipinski definition) is 3. The molecule has 0 heterocycles. The highest BCUT2D eigenvalue weighted by Crippen LogP contribution is 2.51. The molecular formula is C12H12O3. The normalized spacial score (nSPS) is 47.1. The summed E-state index contributed by atoms with van der Waals surface area (Å²) < 4.78 is 0. The van der Waals surface area contributed by atoms with E-state index in [0.29, 0.717) is 5.57 Å². The lowest BCUT2D eigenvalue weighted by Gasteiger charge is -2.28. The predicted octanol–water partition coefficient (Wildman–Crippen LogP) is 0.494. The molecule has 3 heteroatoms. The summed E-state index contributed by atoms with van der Waals surface area (Å²) in [5, 5.41) is 9.89. The number of Topliss-reactive ketones (excluding diaryl/α,β-unsaturated/α-hetero) is 1. The van der Waals surface area contributed by atoms with E-state index < -0.39 is 6.10 Å². The average molecular weight is 204 g/mol. The van der Waals surface area contributed by atoms with Crippen LogP contribution in [0.1, 0.15) is 6.92 Å². The predicted molar refractivity (Wildman–Crippen MR) is 52.9 cm³/mol. The van der Waals surface area contributed by atoms with Gasteiger partial charge in [0, 0.05) is 23.7 Å². The molecule has 0 unspecified atom stereocenters. The Morgan fingerprint density at radius 3 is 2.40 bits per heavy atom. The molecule has 0 aromatic rings. The number of aliphatic hydroxyl groups is 1. The first-order chi connectivity index (χ1) is 7.11. The minimum atomic E-state index is -0.535. The summed E-state index contributed by atoms with van der Waals surface area (Å²) in [4.78, 5) is 23.7. The molecule has 0 radical (unpaired) electrons. The molecular weight excluding hydrogens is 192 g/mol. The summed E-state index contributed by atoms with van der Waals surface area (Å²) in [6.07, 6.45) is 4.67. The number of carbonyl (C=O) groups is 2. The summed E-state index contributed by atoms with van der Waals surface area (Å²) in [5.74, 6) is -0.830. The number of ketones is 2. The van der Waals surface area contributed by atoms with Gasteiger partial charge in [-0.15, -0.1) is 0 Å². The highest BCUT2D eigenvalue weighted by Gasteiger charge is 2.57. The number of fused-ring (bicyclic) bond motifs is 5. The molecule has 5 atom stereocenters. The van der Waals surface area contributed by atoms with Gasteiger partial charge in [0.15, 0.2) is 11.6 Å². The SMILES string of the molecule is CC1=CC(=O)[C@@H]2[C@@H]3C=C[C@@H]([C@H]3O)[C@@H]2C1=O. The van der Waals surface area contributed by atoms with Gasteiger partial charge in [0.25, 0.3) is 0 Å². The molecule has 0 amide bonds. The van der Waals surface area contributed by atoms with Crippen molar-refractivity contribution < 1.29 is 14.7 Å². The van der Waals surface area contributed by atoms with Crippen molar-refractivity contribution in [2.75, 3.05) is 0 Å². The third-order valence-electron chi connectivity index (χ3n) is 3.94. The summed E-state index contributed by atoms with van der Waals surface area (Å²) >= 11 is 0. The van der Waals surface area contributed by atoms with Crippen molar-refractivity contribution in [2.45, 2.75) is 13.0 Å². The van der Waals surface area contributed by atoms with Gasteiger partial charge in [0.1, 0.15) is 0 Å². The highest BCUT2D eigenvalue weighted by molar-refractivity contribution is 6.11. The minimum absolute atomic E-state index is 0.00741. The van der Waals surface area contributed by atoms with Crippen molar-refractivity contribution in [3.05, 3.63) is 23.8 Å². The standard InChI is InChI=1S/C12H12O3/c1-5-4-8(13)9-6-2-3-7(12(6)15)10(9)11(5)14/h2-4,6-7,9-10,12,15H,1H3/t6-,7+,9-,10-,12-/m0/s1. The van der Waals surface area contributed by atoms with Crippen molar-refractivity contribution in [3.8, 4) is 0 Å². The van der Waals surface area contributed by atoms with Crippen LogP contribution < -0.4 is 0 Å². The van der Waals surface area contributed by atoms with E-state index in [1.165, 1.54) is 6.08 Å². The van der Waals surface area contributed by atoms with E-state index >= 15 is 0 Å². The van der Waals surface area contributed by atoms with Crippen LogP contribution in [-0.4, -0.2) is 22.8 Å². The third kappa shape index (κ3) is 0.939. The third-order valence-corrected chi connectivity index (χ3v) is 3.94. The molecule has 0 aromatic carbocycles. The first kappa shape index (κ1) is 9.04. The summed E-state index contributed by atoms with van der Waals surface area (Å²) in [5.41, 5.74) is 0.536. The Labute approximate surface area is 87.5 Å². The molecule has 2 bridgehead atoms. The van der Waals surface area contributed by atoms with E-state index in [-0.39, 0.29) is 35.2 Å². The van der Waals surface area contributed by atoms with Gasteiger partial charge in [0.05, 0.1) is 6.10 Å². The van der Waals surface area contributed by atoms with Crippen LogP contribution >= 0.6 is 0 Å². The van der Waals surface area contributed by atoms with E-state index in [4.69, 9.17) is 0 Å². The molecule has 0 saturated heterocycles. The Kier molecular flexibility index (Phi) is 1.61. The molecule has 1 saturated carbocycles. The fourth-order valence-electron chi connectivity index (χ4n) is 3.23. The first-order valence-electron chi connectivity index (χ1n) is 5.24. The van der Waals surface area contributed by atoms with Crippen LogP contribution in [0.25, 0.3) is 0 Å². The van der Waals surface area contributed by atoms with Crippen molar-refractivity contribution in [2.24, 2.45) is 23.7 Å². The van der Waals surface area contributed by atoms with Gasteiger partial charge in [-0.2, -0.15) is 0 Å². The summed E-state index contributed by atoms with van der Waals surface area (Å²) in [6, 6.07) is 0. The lowest BCUT2D eigenvalue weighted by molar-refractivity contribution is -0.130. The molecule has 3 aliphatic rings. The van der Waals surface area contributed by atoms with Gasteiger partial charge in [-0.05, 0) is 18.6 Å². The smallest absolute Gasteiger partial charge is 0.163 e. The largest absolute Gasteiger partial charge is 0.392 e. The van der Waals surface area contributed by atoms with E-state index in [2.05, 4.69) is 0 Å². The van der Waals surface area contributed by atoms with E-state index in [9.17, 15) is 14.7 Å². The quantitative estimate of drug-likeness (QED) is 0.584. The zero-order valence-electron chi connectivity index (χ0n) is 8.38. The van der Waals surface area contributed by atoms with Gasteiger partial charge in [-0.3, -0.25) is 9.59 Å². The molecule has 0 aliphatic heterocycles. The molecule has 78 valence electrons. The molecule has 15 heavy (non-hydrogen) atoms. The van der Waals surface area contributed by atoms with Gasteiger partial charge < -0.3 is 5.11 Å². The Morgan fingerprint density at radius 2 is 1.73 bits per heavy atom. The van der Waals surface area contributed by atoms with E-state index in [0.717, 1.165) is 0 Å². The molecule has 0 aromatic heterocycles. The second kappa shape index (κ2) is 2.67. The van der Waals surface area contributed by atoms with Crippen LogP contribution in [0.4, 0.5) is 0 Å². The highest BCUT2D eigenvalue weighted by atomic mass is 16.3. The zero-order valence-corrected chi connectivity index (χ0v) is 8.38. The van der Waals surface area contributed by atoms with Crippen LogP contribution in [0.3, 0.4) is 0 Å². The van der Waals surface area contributed by atoms with Crippen molar-refractivity contribution >= 4 is 11.6 Å². The fraction of sp³-hybridized carbons (Fsp3) is 0.500. The van der Waals surface area contributed by atoms with Gasteiger partial charge >= 0.3 is 0 Å². The second-order valence-electron chi connectivity index (χ2n) is 4.68. The maximum Gasteiger partial charge on any atom is 0.163 e. The Bertz CT molecular complexity index is 419. The maximum atomic E-state index is 11.9. The zero-order chi connectivity index (χ0) is 10.7. The minimum Gasteiger partial charge on any atom is -0.392 e. The number of carbonyl (C=O) groups excluding carboxylic acids is 2. The van der Waals surface area contributed by atoms with Crippen LogP contribution in [-0.2, 0) is 9.59 Å². The number of allylic oxidation sites excluding steroid dienone is 2. The van der Waals surface area contributed by atoms with E-state index in [1.807, 2.05) is 12.2 Å². The first-order valence-corrected chi connectivity index (χ1v) is 5.24. The Balaban J connectivity index is 2.11. The summed E-state index contributed by atoms with van der Waals surface area (Å²) in [7, 11) is 0. The van der Waals surface area contributed by atoms with Gasteiger partial charge in [-0.1, -0.05) is 12.2 Å². The Morgan fingerprint density at radius 1 is 1.13 bits per heavy atom. The van der Waals surface area contributed by atoms with Crippen molar-refractivity contribution in [3.63, 3.8) is 0 Å². The number of hydrogen-bond donors (Lipinski definition) is 1. The maximum absolute atomic E-state index is 11.9. The monoisotopic (exact) mass is 204 g/mol. The van der Waals surface area contributed by atoms with Crippen molar-refractivity contribution in [1.29, 1.82) is 0 Å². The molecule has 0 spiro atoms. The fourth-order valence-corrected chi connectivity index (χ4v) is 3.23. The van der Waals surface area contributed by atoms with E-state index in [1.54, 1.807) is 6.92 Å². The molecule has 3 nitrogen and oxygen atoms in total. The summed E-state index contributed by atoms with van der Waals surface area (Å²) in [6.45, 7) is 1.68. The lowest BCUT2D eigenvalue weighted by Crippen LogP contribution is -2.36. The average Bonchev–Trinajstić information content (AvgIpc) is 2.69. The van der Waals surface area contributed by atoms with Gasteiger partial charge in [-0.25, -0.2) is 0 Å². The molecule has 3 aliphatic carbocycles. The van der Waals surface area contributed by atoms with Crippen molar-refractivity contribution in [1.82, 2.24) is 0 Å². The molecule has 1 fully saturated rings. The molecule has 3 rings (SSSR count). The van der Waals surface area contributed by atoms with Crippen LogP contribution in [0, 0.1) is 23.7 Å². The number of rotatable bonds is 0. The second-order valence-corrected chi connectivity index (χ2v) is 4.68. The van der Waals surface area contributed by atoms with Crippen LogP contribution in [0.2, 0.25) is 0 Å². The lowest BCUT2D eigenvalue weighted by atomic mass is 9.72. The van der Waals surface area contributed by atoms with Crippen LogP contribution in [0.15, 0.2) is 23.8 Å².